The summed E-state index contributed by atoms with van der Waals surface area (Å²) >= 11 is 0. The van der Waals surface area contributed by atoms with Crippen LogP contribution in [0.15, 0.2) is 97.1 Å². The van der Waals surface area contributed by atoms with Gasteiger partial charge in [0.25, 0.3) is 0 Å². The number of nitrogen functional groups attached to an aromatic ring is 2. The minimum absolute atomic E-state index is 0.0115. The Bertz CT molecular complexity index is 1720. The predicted molar refractivity (Wildman–Crippen MR) is 185 cm³/mol. The van der Waals surface area contributed by atoms with Gasteiger partial charge in [-0.05, 0) is 119 Å². The van der Waals surface area contributed by atoms with E-state index in [1.807, 2.05) is 0 Å². The molecule has 0 atom stereocenters. The highest BCUT2D eigenvalue weighted by Gasteiger charge is 2.21. The van der Waals surface area contributed by atoms with Crippen LogP contribution in [-0.4, -0.2) is 10.2 Å². The second kappa shape index (κ2) is 12.7. The van der Waals surface area contributed by atoms with E-state index in [1.54, 1.807) is 36.4 Å². The molecule has 5 aromatic rings. The van der Waals surface area contributed by atoms with E-state index < -0.39 is 0 Å². The van der Waals surface area contributed by atoms with Crippen molar-refractivity contribution in [3.8, 4) is 56.8 Å². The molecule has 46 heavy (non-hydrogen) atoms. The number of rotatable bonds is 8. The molecule has 0 heterocycles. The predicted octanol–water partition coefficient (Wildman–Crippen LogP) is 10.5. The van der Waals surface area contributed by atoms with Crippen molar-refractivity contribution in [2.24, 2.45) is 0 Å². The molecule has 0 saturated heterocycles. The molecule has 0 unspecified atom stereocenters. The molecule has 7 rings (SSSR count). The Morgan fingerprint density at radius 1 is 0.435 bits per heavy atom. The van der Waals surface area contributed by atoms with E-state index in [1.165, 1.54) is 62.5 Å². The van der Waals surface area contributed by atoms with Gasteiger partial charge in [0.05, 0.1) is 11.4 Å². The van der Waals surface area contributed by atoms with Gasteiger partial charge < -0.3 is 31.2 Å². The van der Waals surface area contributed by atoms with Crippen LogP contribution < -0.4 is 20.9 Å². The lowest BCUT2D eigenvalue weighted by molar-refractivity contribution is 0.456. The number of ether oxygens (including phenoxy) is 2. The summed E-state index contributed by atoms with van der Waals surface area (Å²) in [4.78, 5) is 0. The largest absolute Gasteiger partial charge is 0.506 e. The first kappa shape index (κ1) is 29.6. The molecule has 2 aliphatic rings. The van der Waals surface area contributed by atoms with Gasteiger partial charge in [0.1, 0.15) is 34.5 Å². The van der Waals surface area contributed by atoms with Crippen molar-refractivity contribution in [2.45, 2.75) is 63.2 Å². The zero-order valence-electron chi connectivity index (χ0n) is 25.9. The average molecular weight is 613 g/mol. The number of phenolic OH excluding ortho intramolecular Hbond substituents is 2. The SMILES string of the molecule is Nc1ccc(Oc2cc(-c3ccc(-c4cc(Oc5ccc(N)c(O)c5)cc(C5CCCC5)c4)cc3)cc(C3CCCC3)c2)cc1O. The Kier molecular flexibility index (Phi) is 8.18. The molecule has 2 aliphatic carbocycles. The third-order valence-electron chi connectivity index (χ3n) is 9.54. The topological polar surface area (TPSA) is 111 Å². The molecule has 2 fully saturated rings. The van der Waals surface area contributed by atoms with E-state index in [0.29, 0.717) is 34.7 Å². The summed E-state index contributed by atoms with van der Waals surface area (Å²) in [6.07, 6.45) is 9.72. The van der Waals surface area contributed by atoms with Crippen LogP contribution in [0, 0.1) is 0 Å². The molecule has 6 N–H and O–H groups in total. The van der Waals surface area contributed by atoms with E-state index in [4.69, 9.17) is 20.9 Å². The molecular weight excluding hydrogens is 572 g/mol. The van der Waals surface area contributed by atoms with Crippen molar-refractivity contribution in [2.75, 3.05) is 11.5 Å². The lowest BCUT2D eigenvalue weighted by atomic mass is 9.91. The molecule has 6 nitrogen and oxygen atoms in total. The van der Waals surface area contributed by atoms with Gasteiger partial charge in [-0.15, -0.1) is 0 Å². The van der Waals surface area contributed by atoms with Crippen LogP contribution in [-0.2, 0) is 0 Å². The molecule has 5 aromatic carbocycles. The van der Waals surface area contributed by atoms with Gasteiger partial charge in [0.15, 0.2) is 0 Å². The number of hydrogen-bond acceptors (Lipinski definition) is 6. The summed E-state index contributed by atoms with van der Waals surface area (Å²) in [7, 11) is 0. The smallest absolute Gasteiger partial charge is 0.142 e. The summed E-state index contributed by atoms with van der Waals surface area (Å²) < 4.78 is 12.5. The summed E-state index contributed by atoms with van der Waals surface area (Å²) in [6, 6.07) is 31.7. The first-order chi connectivity index (χ1) is 22.4. The molecule has 234 valence electrons. The minimum Gasteiger partial charge on any atom is -0.506 e. The van der Waals surface area contributed by atoms with Gasteiger partial charge in [-0.3, -0.25) is 0 Å². The fraction of sp³-hybridized carbons (Fsp3) is 0.250. The van der Waals surface area contributed by atoms with Gasteiger partial charge >= 0.3 is 0 Å². The Hall–Kier alpha value is -5.10. The fourth-order valence-electron chi connectivity index (χ4n) is 6.99. The van der Waals surface area contributed by atoms with E-state index >= 15 is 0 Å². The quantitative estimate of drug-likeness (QED) is 0.102. The van der Waals surface area contributed by atoms with Crippen molar-refractivity contribution in [1.82, 2.24) is 0 Å². The molecule has 0 spiro atoms. The molecule has 0 radical (unpaired) electrons. The van der Waals surface area contributed by atoms with Crippen LogP contribution in [0.5, 0.6) is 34.5 Å². The van der Waals surface area contributed by atoms with Gasteiger partial charge in [0, 0.05) is 12.1 Å². The van der Waals surface area contributed by atoms with Crippen LogP contribution in [0.3, 0.4) is 0 Å². The van der Waals surface area contributed by atoms with E-state index in [2.05, 4.69) is 60.7 Å². The zero-order chi connectivity index (χ0) is 31.6. The Morgan fingerprint density at radius 3 is 1.20 bits per heavy atom. The number of hydrogen-bond donors (Lipinski definition) is 4. The summed E-state index contributed by atoms with van der Waals surface area (Å²) in [5, 5.41) is 20.2. The van der Waals surface area contributed by atoms with Gasteiger partial charge in [-0.1, -0.05) is 62.1 Å². The third kappa shape index (κ3) is 6.47. The number of aromatic hydroxyl groups is 2. The standard InChI is InChI=1S/C40H40N2O4/c41-37-15-13-33(23-39(37)43)45-35-19-29(25-5-1-2-6-25)17-31(21-35)27-9-11-28(12-10-27)32-18-30(26-7-3-4-8-26)20-36(22-32)46-34-14-16-38(42)40(44)24-34/h9-26,43-44H,1-8,41-42H2. The van der Waals surface area contributed by atoms with Crippen LogP contribution in [0.2, 0.25) is 0 Å². The Morgan fingerprint density at radius 2 is 0.826 bits per heavy atom. The number of phenols is 2. The maximum Gasteiger partial charge on any atom is 0.142 e. The highest BCUT2D eigenvalue weighted by atomic mass is 16.5. The van der Waals surface area contributed by atoms with Crippen molar-refractivity contribution < 1.29 is 19.7 Å². The second-order valence-corrected chi connectivity index (χ2v) is 12.8. The maximum absolute atomic E-state index is 10.1. The summed E-state index contributed by atoms with van der Waals surface area (Å²) in [5.41, 5.74) is 19.2. The normalized spacial score (nSPS) is 15.3. The van der Waals surface area contributed by atoms with Crippen LogP contribution in [0.25, 0.3) is 22.3 Å². The molecule has 0 aliphatic heterocycles. The Labute approximate surface area is 270 Å². The first-order valence-electron chi connectivity index (χ1n) is 16.3. The monoisotopic (exact) mass is 612 g/mol. The second-order valence-electron chi connectivity index (χ2n) is 12.8. The van der Waals surface area contributed by atoms with Crippen molar-refractivity contribution in [1.29, 1.82) is 0 Å². The van der Waals surface area contributed by atoms with Crippen molar-refractivity contribution in [3.63, 3.8) is 0 Å². The minimum atomic E-state index is 0.0115. The molecule has 6 heteroatoms. The van der Waals surface area contributed by atoms with Gasteiger partial charge in [0.2, 0.25) is 0 Å². The highest BCUT2D eigenvalue weighted by Crippen LogP contribution is 2.42. The highest BCUT2D eigenvalue weighted by molar-refractivity contribution is 5.73. The zero-order valence-corrected chi connectivity index (χ0v) is 25.9. The molecule has 0 bridgehead atoms. The lowest BCUT2D eigenvalue weighted by Crippen LogP contribution is -1.96. The van der Waals surface area contributed by atoms with Crippen molar-refractivity contribution in [3.05, 3.63) is 108 Å². The lowest BCUT2D eigenvalue weighted by Gasteiger charge is -2.17. The fourth-order valence-corrected chi connectivity index (χ4v) is 6.99. The van der Waals surface area contributed by atoms with Crippen LogP contribution >= 0.6 is 0 Å². The third-order valence-corrected chi connectivity index (χ3v) is 9.54. The van der Waals surface area contributed by atoms with Crippen LogP contribution in [0.4, 0.5) is 11.4 Å². The molecular formula is C40H40N2O4. The Balaban J connectivity index is 1.21. The average Bonchev–Trinajstić information content (AvgIpc) is 3.80. The summed E-state index contributed by atoms with van der Waals surface area (Å²) in [6.45, 7) is 0. The van der Waals surface area contributed by atoms with Crippen LogP contribution in [0.1, 0.15) is 74.3 Å². The van der Waals surface area contributed by atoms with Gasteiger partial charge in [-0.25, -0.2) is 0 Å². The van der Waals surface area contributed by atoms with E-state index in [0.717, 1.165) is 33.8 Å². The number of nitrogens with two attached hydrogens (primary N) is 2. The summed E-state index contributed by atoms with van der Waals surface area (Å²) in [5.74, 6) is 3.63. The first-order valence-corrected chi connectivity index (χ1v) is 16.3. The molecule has 0 aromatic heterocycles. The maximum atomic E-state index is 10.1. The molecule has 0 amide bonds. The molecule has 2 saturated carbocycles. The number of anilines is 2. The number of benzene rings is 5. The van der Waals surface area contributed by atoms with E-state index in [9.17, 15) is 10.2 Å². The van der Waals surface area contributed by atoms with E-state index in [-0.39, 0.29) is 11.5 Å². The van der Waals surface area contributed by atoms with Gasteiger partial charge in [-0.2, -0.15) is 0 Å². The van der Waals surface area contributed by atoms with Crippen molar-refractivity contribution >= 4 is 11.4 Å².